The van der Waals surface area contributed by atoms with Gasteiger partial charge in [-0.15, -0.1) is 0 Å². The molecular formula is C29H33ClN2O4. The van der Waals surface area contributed by atoms with Crippen molar-refractivity contribution in [3.8, 4) is 17.6 Å². The molecule has 0 saturated heterocycles. The molecule has 0 aromatic heterocycles. The van der Waals surface area contributed by atoms with E-state index in [-0.39, 0.29) is 30.3 Å². The van der Waals surface area contributed by atoms with E-state index >= 15 is 0 Å². The van der Waals surface area contributed by atoms with Gasteiger partial charge in [-0.1, -0.05) is 11.6 Å². The quantitative estimate of drug-likeness (QED) is 0.515. The number of nitrogens with one attached hydrogen (secondary N) is 1. The molecule has 1 amide bonds. The zero-order valence-electron chi connectivity index (χ0n) is 20.4. The fraction of sp³-hybridized carbons (Fsp3) is 0.517. The zero-order chi connectivity index (χ0) is 25.1. The SMILES string of the molecule is N#Cc1ccc(OC2CCC(NC(=O)c3ccc(OC4CC5(CCC(O)CC5)C4)cc3)CC2)cc1Cl. The van der Waals surface area contributed by atoms with Crippen LogP contribution in [0.4, 0.5) is 0 Å². The van der Waals surface area contributed by atoms with Crippen LogP contribution < -0.4 is 14.8 Å². The van der Waals surface area contributed by atoms with Crippen molar-refractivity contribution in [1.29, 1.82) is 5.26 Å². The third-order valence-electron chi connectivity index (χ3n) is 8.13. The van der Waals surface area contributed by atoms with Gasteiger partial charge in [0, 0.05) is 17.7 Å². The Hall–Kier alpha value is -2.75. The summed E-state index contributed by atoms with van der Waals surface area (Å²) in [5.41, 5.74) is 1.45. The van der Waals surface area contributed by atoms with Gasteiger partial charge in [0.15, 0.2) is 0 Å². The molecule has 7 heteroatoms. The number of hydrogen-bond acceptors (Lipinski definition) is 5. The first-order valence-corrected chi connectivity index (χ1v) is 13.4. The first-order chi connectivity index (χ1) is 17.4. The van der Waals surface area contributed by atoms with Crippen LogP contribution in [0.15, 0.2) is 42.5 Å². The van der Waals surface area contributed by atoms with Gasteiger partial charge in [-0.2, -0.15) is 5.26 Å². The minimum atomic E-state index is -0.119. The molecule has 3 fully saturated rings. The second-order valence-corrected chi connectivity index (χ2v) is 11.1. The Morgan fingerprint density at radius 1 is 0.944 bits per heavy atom. The Kier molecular flexibility index (Phi) is 7.41. The smallest absolute Gasteiger partial charge is 0.251 e. The number of aliphatic hydroxyl groups is 1. The summed E-state index contributed by atoms with van der Waals surface area (Å²) >= 11 is 6.10. The molecule has 36 heavy (non-hydrogen) atoms. The monoisotopic (exact) mass is 508 g/mol. The Morgan fingerprint density at radius 3 is 2.22 bits per heavy atom. The topological polar surface area (TPSA) is 91.6 Å². The summed E-state index contributed by atoms with van der Waals surface area (Å²) in [5.74, 6) is 1.42. The van der Waals surface area contributed by atoms with Crippen LogP contribution in [-0.4, -0.2) is 35.4 Å². The molecule has 5 rings (SSSR count). The molecule has 0 atom stereocenters. The number of ether oxygens (including phenoxy) is 2. The molecule has 6 nitrogen and oxygen atoms in total. The fourth-order valence-electron chi connectivity index (χ4n) is 5.94. The van der Waals surface area contributed by atoms with Gasteiger partial charge < -0.3 is 19.9 Å². The van der Waals surface area contributed by atoms with Crippen LogP contribution in [0.5, 0.6) is 11.5 Å². The minimum absolute atomic E-state index is 0.0619. The highest BCUT2D eigenvalue weighted by molar-refractivity contribution is 6.31. The van der Waals surface area contributed by atoms with Gasteiger partial charge in [-0.25, -0.2) is 0 Å². The van der Waals surface area contributed by atoms with E-state index in [0.29, 0.717) is 27.3 Å². The highest BCUT2D eigenvalue weighted by Crippen LogP contribution is 2.52. The highest BCUT2D eigenvalue weighted by atomic mass is 35.5. The van der Waals surface area contributed by atoms with E-state index in [1.165, 1.54) is 0 Å². The van der Waals surface area contributed by atoms with Gasteiger partial charge in [0.1, 0.15) is 17.6 Å². The Bertz CT molecular complexity index is 1110. The summed E-state index contributed by atoms with van der Waals surface area (Å²) in [6.07, 6.45) is 9.73. The minimum Gasteiger partial charge on any atom is -0.490 e. The maximum Gasteiger partial charge on any atom is 0.251 e. The summed E-state index contributed by atoms with van der Waals surface area (Å²) in [6, 6.07) is 14.7. The zero-order valence-corrected chi connectivity index (χ0v) is 21.2. The number of carbonyl (C=O) groups is 1. The molecule has 0 heterocycles. The first kappa shape index (κ1) is 24.9. The number of halogens is 1. The largest absolute Gasteiger partial charge is 0.490 e. The number of carbonyl (C=O) groups excluding carboxylic acids is 1. The molecule has 3 saturated carbocycles. The molecule has 190 valence electrons. The Balaban J connectivity index is 1.04. The standard InChI is InChI=1S/C29H33ClN2O4/c30-27-15-25(8-3-20(27)18-31)35-24-9-4-21(5-10-24)32-28(34)19-1-6-23(7-2-19)36-26-16-29(17-26)13-11-22(33)12-14-29/h1-3,6-8,15,21-22,24,26,33H,4-5,9-14,16-17H2,(H,32,34). The van der Waals surface area contributed by atoms with Crippen LogP contribution >= 0.6 is 11.6 Å². The third-order valence-corrected chi connectivity index (χ3v) is 8.44. The van der Waals surface area contributed by atoms with Gasteiger partial charge in [0.2, 0.25) is 0 Å². The average Bonchev–Trinajstić information content (AvgIpc) is 2.86. The predicted molar refractivity (Wildman–Crippen MR) is 137 cm³/mol. The molecule has 0 bridgehead atoms. The molecule has 0 aliphatic heterocycles. The average molecular weight is 509 g/mol. The van der Waals surface area contributed by atoms with E-state index in [1.807, 2.05) is 24.3 Å². The summed E-state index contributed by atoms with van der Waals surface area (Å²) in [5, 5.41) is 22.3. The second kappa shape index (κ2) is 10.7. The molecule has 1 spiro atoms. The van der Waals surface area contributed by atoms with Gasteiger partial charge in [-0.3, -0.25) is 4.79 Å². The van der Waals surface area contributed by atoms with Crippen molar-refractivity contribution in [2.45, 2.75) is 88.6 Å². The fourth-order valence-corrected chi connectivity index (χ4v) is 6.15. The van der Waals surface area contributed by atoms with Crippen molar-refractivity contribution in [1.82, 2.24) is 5.32 Å². The molecule has 2 N–H and O–H groups in total. The third kappa shape index (κ3) is 5.79. The molecule has 2 aromatic carbocycles. The van der Waals surface area contributed by atoms with Crippen LogP contribution in [0.3, 0.4) is 0 Å². The van der Waals surface area contributed by atoms with E-state index in [1.54, 1.807) is 18.2 Å². The van der Waals surface area contributed by atoms with Crippen LogP contribution in [0.25, 0.3) is 0 Å². The van der Waals surface area contributed by atoms with Crippen LogP contribution in [0, 0.1) is 16.7 Å². The number of hydrogen-bond donors (Lipinski definition) is 2. The summed E-state index contributed by atoms with van der Waals surface area (Å²) in [4.78, 5) is 12.8. The number of aliphatic hydroxyl groups excluding tert-OH is 1. The van der Waals surface area contributed by atoms with Crippen molar-refractivity contribution in [3.63, 3.8) is 0 Å². The van der Waals surface area contributed by atoms with Gasteiger partial charge in [-0.05, 0) is 106 Å². The maximum absolute atomic E-state index is 12.8. The number of nitriles is 1. The van der Waals surface area contributed by atoms with Crippen molar-refractivity contribution >= 4 is 17.5 Å². The van der Waals surface area contributed by atoms with Crippen LogP contribution in [0.1, 0.15) is 80.1 Å². The van der Waals surface area contributed by atoms with E-state index in [4.69, 9.17) is 26.3 Å². The van der Waals surface area contributed by atoms with E-state index in [2.05, 4.69) is 11.4 Å². The highest BCUT2D eigenvalue weighted by Gasteiger charge is 2.47. The van der Waals surface area contributed by atoms with E-state index in [0.717, 1.165) is 70.0 Å². The molecule has 3 aliphatic rings. The van der Waals surface area contributed by atoms with E-state index in [9.17, 15) is 9.90 Å². The predicted octanol–water partition coefficient (Wildman–Crippen LogP) is 5.79. The summed E-state index contributed by atoms with van der Waals surface area (Å²) in [6.45, 7) is 0. The number of nitrogens with zero attached hydrogens (tertiary/aromatic N) is 1. The lowest BCUT2D eigenvalue weighted by Gasteiger charge is -2.50. The summed E-state index contributed by atoms with van der Waals surface area (Å²) in [7, 11) is 0. The van der Waals surface area contributed by atoms with Crippen molar-refractivity contribution in [2.24, 2.45) is 5.41 Å². The lowest BCUT2D eigenvalue weighted by molar-refractivity contribution is -0.0614. The number of amides is 1. The van der Waals surface area contributed by atoms with Crippen LogP contribution in [0.2, 0.25) is 5.02 Å². The van der Waals surface area contributed by atoms with Crippen molar-refractivity contribution in [3.05, 3.63) is 58.6 Å². The molecule has 0 unspecified atom stereocenters. The normalized spacial score (nSPS) is 29.6. The number of rotatable bonds is 6. The molecular weight excluding hydrogens is 476 g/mol. The van der Waals surface area contributed by atoms with Gasteiger partial charge >= 0.3 is 0 Å². The Morgan fingerprint density at radius 2 is 1.58 bits per heavy atom. The number of benzene rings is 2. The van der Waals surface area contributed by atoms with Crippen LogP contribution in [-0.2, 0) is 0 Å². The summed E-state index contributed by atoms with van der Waals surface area (Å²) < 4.78 is 12.2. The maximum atomic E-state index is 12.8. The lowest BCUT2D eigenvalue weighted by Crippen LogP contribution is -2.46. The van der Waals surface area contributed by atoms with Crippen molar-refractivity contribution < 1.29 is 19.4 Å². The van der Waals surface area contributed by atoms with E-state index < -0.39 is 0 Å². The van der Waals surface area contributed by atoms with Gasteiger partial charge in [0.05, 0.1) is 28.9 Å². The first-order valence-electron chi connectivity index (χ1n) is 13.0. The molecule has 2 aromatic rings. The second-order valence-electron chi connectivity index (χ2n) is 10.7. The van der Waals surface area contributed by atoms with Crippen molar-refractivity contribution in [2.75, 3.05) is 0 Å². The lowest BCUT2D eigenvalue weighted by atomic mass is 9.59. The van der Waals surface area contributed by atoms with Gasteiger partial charge in [0.25, 0.3) is 5.91 Å². The molecule has 3 aliphatic carbocycles. The Labute approximate surface area is 217 Å². The molecule has 0 radical (unpaired) electrons.